The zero-order valence-corrected chi connectivity index (χ0v) is 27.1. The number of hydrogen-bond donors (Lipinski definition) is 2. The third kappa shape index (κ3) is 6.62. The fraction of sp³-hybridized carbons (Fsp3) is 0.389. The van der Waals surface area contributed by atoms with Crippen LogP contribution >= 0.6 is 0 Å². The van der Waals surface area contributed by atoms with E-state index in [9.17, 15) is 13.2 Å². The van der Waals surface area contributed by atoms with Crippen molar-refractivity contribution in [3.05, 3.63) is 110 Å². The zero-order valence-electron chi connectivity index (χ0n) is 26.3. The lowest BCUT2D eigenvalue weighted by atomic mass is 9.77. The van der Waals surface area contributed by atoms with Crippen LogP contribution in [0.25, 0.3) is 11.3 Å². The fourth-order valence-electron chi connectivity index (χ4n) is 6.50. The lowest BCUT2D eigenvalue weighted by Gasteiger charge is -2.27. The summed E-state index contributed by atoms with van der Waals surface area (Å²) in [5.74, 6) is 1.17. The third-order valence-electron chi connectivity index (χ3n) is 9.23. The highest BCUT2D eigenvalue weighted by Crippen LogP contribution is 2.41. The van der Waals surface area contributed by atoms with Gasteiger partial charge in [-0.25, -0.2) is 18.1 Å². The molecule has 226 valence electrons. The van der Waals surface area contributed by atoms with E-state index in [-0.39, 0.29) is 16.3 Å². The molecule has 5 rings (SSSR count). The predicted octanol–water partition coefficient (Wildman–Crippen LogP) is 7.70. The van der Waals surface area contributed by atoms with Crippen LogP contribution in [-0.4, -0.2) is 18.4 Å². The van der Waals surface area contributed by atoms with Gasteiger partial charge in [0.1, 0.15) is 0 Å². The first-order valence-corrected chi connectivity index (χ1v) is 16.6. The highest BCUT2D eigenvalue weighted by Gasteiger charge is 2.30. The van der Waals surface area contributed by atoms with Gasteiger partial charge in [0.15, 0.2) is 0 Å². The number of aromatic nitrogens is 2. The highest BCUT2D eigenvalue weighted by molar-refractivity contribution is 7.92. The topological polar surface area (TPSA) is 91.9 Å². The Morgan fingerprint density at radius 2 is 1.65 bits per heavy atom. The lowest BCUT2D eigenvalue weighted by Crippen LogP contribution is -2.20. The minimum absolute atomic E-state index is 0.103. The Kier molecular flexibility index (Phi) is 8.41. The van der Waals surface area contributed by atoms with Gasteiger partial charge >= 0.3 is 0 Å². The van der Waals surface area contributed by atoms with Crippen molar-refractivity contribution in [1.29, 1.82) is 0 Å². The maximum Gasteiger partial charge on any atom is 0.264 e. The van der Waals surface area contributed by atoms with E-state index < -0.39 is 15.6 Å². The van der Waals surface area contributed by atoms with Gasteiger partial charge in [-0.15, -0.1) is 0 Å². The van der Waals surface area contributed by atoms with Crippen molar-refractivity contribution in [2.75, 3.05) is 4.72 Å². The molecule has 1 aliphatic carbocycles. The van der Waals surface area contributed by atoms with Crippen molar-refractivity contribution < 1.29 is 8.42 Å². The molecule has 0 fully saturated rings. The van der Waals surface area contributed by atoms with Crippen LogP contribution in [-0.2, 0) is 28.3 Å². The van der Waals surface area contributed by atoms with E-state index in [4.69, 9.17) is 0 Å². The quantitative estimate of drug-likeness (QED) is 0.223. The number of aromatic amines is 1. The largest absolute Gasteiger partial charge is 0.292 e. The molecule has 0 bridgehead atoms. The molecule has 1 heterocycles. The maximum absolute atomic E-state index is 13.5. The van der Waals surface area contributed by atoms with Gasteiger partial charge in [-0.05, 0) is 102 Å². The minimum atomic E-state index is -3.99. The van der Waals surface area contributed by atoms with Gasteiger partial charge in [0.2, 0.25) is 5.95 Å². The van der Waals surface area contributed by atoms with Crippen LogP contribution in [0.15, 0.2) is 76.4 Å². The van der Waals surface area contributed by atoms with Gasteiger partial charge in [0.25, 0.3) is 15.6 Å². The SMILES string of the molecule is Cc1cccc(C)c1-c1cc(=O)[nH]c(NS(=O)(=O)c2cccc(CC3CCc4cc(C(C)(C)C)ccc4C(C)[C@H]3C)c2)n1. The monoisotopic (exact) mass is 597 g/mol. The summed E-state index contributed by atoms with van der Waals surface area (Å²) in [4.78, 5) is 19.7. The number of sulfonamides is 1. The molecule has 4 aromatic rings. The number of nitrogens with zero attached hydrogens (tertiary/aromatic N) is 1. The molecular weight excluding hydrogens is 554 g/mol. The molecule has 43 heavy (non-hydrogen) atoms. The second-order valence-corrected chi connectivity index (χ2v) is 15.0. The van der Waals surface area contributed by atoms with Crippen LogP contribution in [0.1, 0.15) is 80.3 Å². The van der Waals surface area contributed by atoms with E-state index in [2.05, 4.69) is 67.5 Å². The third-order valence-corrected chi connectivity index (χ3v) is 10.6. The number of fused-ring (bicyclic) bond motifs is 1. The molecule has 0 saturated heterocycles. The number of aryl methyl sites for hydroxylation is 3. The number of H-pyrrole nitrogens is 1. The van der Waals surface area contributed by atoms with E-state index in [1.807, 2.05) is 38.1 Å². The summed E-state index contributed by atoms with van der Waals surface area (Å²) in [6, 6.07) is 21.4. The molecule has 3 atom stereocenters. The smallest absolute Gasteiger partial charge is 0.264 e. The van der Waals surface area contributed by atoms with E-state index in [0.717, 1.165) is 41.5 Å². The Balaban J connectivity index is 1.37. The molecular formula is C36H43N3O3S. The van der Waals surface area contributed by atoms with E-state index >= 15 is 0 Å². The Morgan fingerprint density at radius 1 is 0.953 bits per heavy atom. The molecule has 1 aliphatic rings. The lowest BCUT2D eigenvalue weighted by molar-refractivity contribution is 0.306. The zero-order chi connectivity index (χ0) is 31.1. The molecule has 2 unspecified atom stereocenters. The molecule has 0 radical (unpaired) electrons. The van der Waals surface area contributed by atoms with E-state index in [1.165, 1.54) is 22.8 Å². The Hall–Kier alpha value is -3.71. The Morgan fingerprint density at radius 3 is 2.35 bits per heavy atom. The van der Waals surface area contributed by atoms with Gasteiger partial charge in [0.05, 0.1) is 10.6 Å². The number of benzene rings is 3. The fourth-order valence-corrected chi connectivity index (χ4v) is 7.53. The maximum atomic E-state index is 13.5. The van der Waals surface area contributed by atoms with Crippen molar-refractivity contribution in [3.8, 4) is 11.3 Å². The van der Waals surface area contributed by atoms with Crippen molar-refractivity contribution >= 4 is 16.0 Å². The molecule has 0 saturated carbocycles. The van der Waals surface area contributed by atoms with Crippen molar-refractivity contribution in [3.63, 3.8) is 0 Å². The standard InChI is InChI=1S/C36H43N3O3S/c1-22-10-8-11-23(2)34(22)32-21-33(40)38-35(37-32)39-43(41,42)30-13-9-12-26(19-30)18-27-14-15-28-20-29(36(5,6)7)16-17-31(28)25(4)24(27)3/h8-13,16-17,19-21,24-25,27H,14-15,18H2,1-7H3,(H2,37,38,39,40)/t24-,25?,27?/m1/s1. The number of hydrogen-bond acceptors (Lipinski definition) is 4. The minimum Gasteiger partial charge on any atom is -0.292 e. The van der Waals surface area contributed by atoms with E-state index in [0.29, 0.717) is 23.4 Å². The molecule has 0 aliphatic heterocycles. The van der Waals surface area contributed by atoms with Gasteiger partial charge in [-0.3, -0.25) is 9.78 Å². The van der Waals surface area contributed by atoms with Crippen LogP contribution in [0.4, 0.5) is 5.95 Å². The Labute approximate surface area is 256 Å². The number of rotatable bonds is 6. The number of nitrogens with one attached hydrogen (secondary N) is 2. The summed E-state index contributed by atoms with van der Waals surface area (Å²) in [5, 5.41) is 0. The van der Waals surface area contributed by atoms with Gasteiger partial charge in [-0.1, -0.05) is 83.1 Å². The van der Waals surface area contributed by atoms with Crippen LogP contribution in [0.5, 0.6) is 0 Å². The predicted molar refractivity (Wildman–Crippen MR) is 175 cm³/mol. The van der Waals surface area contributed by atoms with Crippen LogP contribution in [0.3, 0.4) is 0 Å². The molecule has 1 aromatic heterocycles. The molecule has 2 N–H and O–H groups in total. The first kappa shape index (κ1) is 30.7. The summed E-state index contributed by atoms with van der Waals surface area (Å²) < 4.78 is 29.5. The summed E-state index contributed by atoms with van der Waals surface area (Å²) in [6.45, 7) is 15.3. The Bertz CT molecular complexity index is 1800. The highest BCUT2D eigenvalue weighted by atomic mass is 32.2. The van der Waals surface area contributed by atoms with E-state index in [1.54, 1.807) is 18.2 Å². The summed E-state index contributed by atoms with van der Waals surface area (Å²) in [5.41, 5.74) is 8.08. The van der Waals surface area contributed by atoms with Gasteiger partial charge in [0, 0.05) is 11.6 Å². The average molecular weight is 598 g/mol. The van der Waals surface area contributed by atoms with Crippen molar-refractivity contribution in [1.82, 2.24) is 9.97 Å². The van der Waals surface area contributed by atoms with Crippen LogP contribution < -0.4 is 10.3 Å². The first-order chi connectivity index (χ1) is 20.2. The van der Waals surface area contributed by atoms with Crippen LogP contribution in [0, 0.1) is 25.7 Å². The summed E-state index contributed by atoms with van der Waals surface area (Å²) >= 11 is 0. The first-order valence-electron chi connectivity index (χ1n) is 15.2. The van der Waals surface area contributed by atoms with Crippen LogP contribution in [0.2, 0.25) is 0 Å². The number of anilines is 1. The molecule has 0 amide bonds. The second kappa shape index (κ2) is 11.8. The van der Waals surface area contributed by atoms with Crippen molar-refractivity contribution in [2.45, 2.75) is 84.0 Å². The summed E-state index contributed by atoms with van der Waals surface area (Å²) in [6.07, 6.45) is 2.87. The van der Waals surface area contributed by atoms with Crippen molar-refractivity contribution in [2.24, 2.45) is 11.8 Å². The molecule has 7 heteroatoms. The van der Waals surface area contributed by atoms with Gasteiger partial charge < -0.3 is 0 Å². The second-order valence-electron chi connectivity index (χ2n) is 13.3. The molecule has 3 aromatic carbocycles. The average Bonchev–Trinajstić information content (AvgIpc) is 3.04. The molecule has 0 spiro atoms. The normalized spacial score (nSPS) is 19.0. The molecule has 6 nitrogen and oxygen atoms in total. The van der Waals surface area contributed by atoms with Gasteiger partial charge in [-0.2, -0.15) is 0 Å². The summed E-state index contributed by atoms with van der Waals surface area (Å²) in [7, 11) is -3.99.